The van der Waals surface area contributed by atoms with Gasteiger partial charge < -0.3 is 4.90 Å². The van der Waals surface area contributed by atoms with Crippen molar-refractivity contribution < 1.29 is 4.79 Å². The Morgan fingerprint density at radius 1 is 1.59 bits per heavy atom. The Hall–Kier alpha value is -0.350. The van der Waals surface area contributed by atoms with Gasteiger partial charge in [0.05, 0.1) is 6.04 Å². The summed E-state index contributed by atoms with van der Waals surface area (Å²) in [6.45, 7) is 3.04. The molecule has 0 aliphatic carbocycles. The molecule has 0 N–H and O–H groups in total. The molecule has 2 rings (SSSR count). The number of amides is 1. The largest absolute Gasteiger partial charge is 0.336 e. The number of halogens is 1. The first-order chi connectivity index (χ1) is 8.24. The van der Waals surface area contributed by atoms with Gasteiger partial charge in [-0.3, -0.25) is 4.79 Å². The van der Waals surface area contributed by atoms with Crippen LogP contribution >= 0.6 is 27.3 Å². The van der Waals surface area contributed by atoms with Crippen LogP contribution in [0.25, 0.3) is 0 Å². The van der Waals surface area contributed by atoms with Crippen LogP contribution in [0.5, 0.6) is 0 Å². The van der Waals surface area contributed by atoms with Crippen molar-refractivity contribution in [3.05, 3.63) is 21.9 Å². The number of unbranched alkanes of at least 4 members (excludes halogenated alkanes) is 1. The molecule has 4 heteroatoms. The van der Waals surface area contributed by atoms with Crippen molar-refractivity contribution in [1.82, 2.24) is 4.90 Å². The summed E-state index contributed by atoms with van der Waals surface area (Å²) in [5, 5.41) is 3.13. The third-order valence-electron chi connectivity index (χ3n) is 3.37. The second-order valence-electron chi connectivity index (χ2n) is 4.46. The zero-order valence-electron chi connectivity index (χ0n) is 10.1. The lowest BCUT2D eigenvalue weighted by Gasteiger charge is -2.33. The third kappa shape index (κ3) is 2.91. The molecule has 1 unspecified atom stereocenters. The fourth-order valence-electron chi connectivity index (χ4n) is 2.36. The van der Waals surface area contributed by atoms with Crippen LogP contribution in [-0.4, -0.2) is 22.7 Å². The number of fused-ring (bicyclic) bond motifs is 1. The van der Waals surface area contributed by atoms with Crippen molar-refractivity contribution >= 4 is 33.2 Å². The van der Waals surface area contributed by atoms with Gasteiger partial charge >= 0.3 is 0 Å². The van der Waals surface area contributed by atoms with Gasteiger partial charge in [-0.25, -0.2) is 0 Å². The van der Waals surface area contributed by atoms with Crippen LogP contribution in [-0.2, 0) is 11.2 Å². The fraction of sp³-hybridized carbons (Fsp3) is 0.615. The number of carbonyl (C=O) groups excluding carboxylic acids is 1. The van der Waals surface area contributed by atoms with Gasteiger partial charge in [-0.15, -0.1) is 11.3 Å². The summed E-state index contributed by atoms with van der Waals surface area (Å²) in [6.07, 6.45) is 3.79. The maximum absolute atomic E-state index is 12.1. The first kappa shape index (κ1) is 13.1. The maximum Gasteiger partial charge on any atom is 0.223 e. The Morgan fingerprint density at radius 3 is 3.18 bits per heavy atom. The lowest BCUT2D eigenvalue weighted by atomic mass is 10.0. The molecule has 2 nitrogen and oxygen atoms in total. The molecule has 2 heterocycles. The molecule has 1 aromatic heterocycles. The van der Waals surface area contributed by atoms with Gasteiger partial charge in [0.25, 0.3) is 0 Å². The van der Waals surface area contributed by atoms with Crippen LogP contribution in [0.4, 0.5) is 0 Å². The standard InChI is InChI=1S/C13H18BrNOS/c1-10-11-6-9-17-12(11)5-8-15(10)13(16)4-2-3-7-14/h6,9-10H,2-5,7-8H2,1H3. The average Bonchev–Trinajstić information content (AvgIpc) is 2.78. The van der Waals surface area contributed by atoms with Crippen molar-refractivity contribution in [2.45, 2.75) is 38.6 Å². The molecule has 0 saturated carbocycles. The normalized spacial score (nSPS) is 19.2. The fourth-order valence-corrected chi connectivity index (χ4v) is 3.72. The van der Waals surface area contributed by atoms with E-state index in [9.17, 15) is 4.79 Å². The number of hydrogen-bond acceptors (Lipinski definition) is 2. The summed E-state index contributed by atoms with van der Waals surface area (Å²) in [5.74, 6) is 0.315. The second kappa shape index (κ2) is 6.01. The first-order valence-electron chi connectivity index (χ1n) is 6.15. The van der Waals surface area contributed by atoms with Crippen molar-refractivity contribution in [2.24, 2.45) is 0 Å². The molecule has 1 atom stereocenters. The Bertz CT molecular complexity index is 391. The topological polar surface area (TPSA) is 20.3 Å². The molecular formula is C13H18BrNOS. The summed E-state index contributed by atoms with van der Waals surface area (Å²) in [4.78, 5) is 15.6. The first-order valence-corrected chi connectivity index (χ1v) is 8.16. The van der Waals surface area contributed by atoms with Crippen LogP contribution in [0.3, 0.4) is 0 Å². The molecule has 1 aromatic rings. The van der Waals surface area contributed by atoms with Gasteiger partial charge in [-0.1, -0.05) is 15.9 Å². The molecule has 94 valence electrons. The molecule has 0 radical (unpaired) electrons. The van der Waals surface area contributed by atoms with E-state index in [-0.39, 0.29) is 6.04 Å². The van der Waals surface area contributed by atoms with Gasteiger partial charge in [-0.2, -0.15) is 0 Å². The Kier molecular flexibility index (Phi) is 4.62. The van der Waals surface area contributed by atoms with E-state index in [1.54, 1.807) is 0 Å². The van der Waals surface area contributed by atoms with E-state index in [2.05, 4.69) is 34.3 Å². The van der Waals surface area contributed by atoms with Crippen molar-refractivity contribution in [3.63, 3.8) is 0 Å². The Balaban J connectivity index is 1.97. The highest BCUT2D eigenvalue weighted by atomic mass is 79.9. The quantitative estimate of drug-likeness (QED) is 0.612. The van der Waals surface area contributed by atoms with E-state index in [0.717, 1.165) is 31.1 Å². The predicted molar refractivity (Wildman–Crippen MR) is 75.8 cm³/mol. The number of hydrogen-bond donors (Lipinski definition) is 0. The molecule has 0 bridgehead atoms. The molecule has 0 aromatic carbocycles. The SMILES string of the molecule is CC1c2ccsc2CCN1C(=O)CCCCBr. The highest BCUT2D eigenvalue weighted by Crippen LogP contribution is 2.33. The lowest BCUT2D eigenvalue weighted by molar-refractivity contribution is -0.133. The smallest absolute Gasteiger partial charge is 0.223 e. The molecule has 0 spiro atoms. The molecule has 1 aliphatic heterocycles. The van der Waals surface area contributed by atoms with E-state index in [4.69, 9.17) is 0 Å². The summed E-state index contributed by atoms with van der Waals surface area (Å²) in [6, 6.07) is 2.43. The lowest BCUT2D eigenvalue weighted by Crippen LogP contribution is -2.38. The maximum atomic E-state index is 12.1. The van der Waals surface area contributed by atoms with Crippen LogP contribution < -0.4 is 0 Å². The molecule has 17 heavy (non-hydrogen) atoms. The number of alkyl halides is 1. The molecule has 1 aliphatic rings. The monoisotopic (exact) mass is 315 g/mol. The van der Waals surface area contributed by atoms with E-state index in [1.807, 2.05) is 16.2 Å². The van der Waals surface area contributed by atoms with Crippen LogP contribution in [0.15, 0.2) is 11.4 Å². The van der Waals surface area contributed by atoms with Crippen LogP contribution in [0.2, 0.25) is 0 Å². The van der Waals surface area contributed by atoms with Crippen molar-refractivity contribution in [3.8, 4) is 0 Å². The Labute approximate surface area is 115 Å². The Morgan fingerprint density at radius 2 is 2.41 bits per heavy atom. The molecular weight excluding hydrogens is 298 g/mol. The number of rotatable bonds is 4. The molecule has 0 fully saturated rings. The number of nitrogens with zero attached hydrogens (tertiary/aromatic N) is 1. The van der Waals surface area contributed by atoms with Gasteiger partial charge in [-0.05, 0) is 43.2 Å². The minimum absolute atomic E-state index is 0.265. The van der Waals surface area contributed by atoms with E-state index >= 15 is 0 Å². The summed E-state index contributed by atoms with van der Waals surface area (Å²) >= 11 is 5.22. The van der Waals surface area contributed by atoms with Gasteiger partial charge in [0.2, 0.25) is 5.91 Å². The highest BCUT2D eigenvalue weighted by molar-refractivity contribution is 9.09. The molecule has 0 saturated heterocycles. The number of carbonyl (C=O) groups is 1. The summed E-state index contributed by atoms with van der Waals surface area (Å²) in [7, 11) is 0. The minimum atomic E-state index is 0.265. The van der Waals surface area contributed by atoms with Crippen molar-refractivity contribution in [1.29, 1.82) is 0 Å². The van der Waals surface area contributed by atoms with Gasteiger partial charge in [0.1, 0.15) is 0 Å². The molecule has 1 amide bonds. The predicted octanol–water partition coefficient (Wildman–Crippen LogP) is 3.76. The number of thiophene rings is 1. The van der Waals surface area contributed by atoms with E-state index in [0.29, 0.717) is 12.3 Å². The summed E-state index contributed by atoms with van der Waals surface area (Å²) < 4.78 is 0. The summed E-state index contributed by atoms with van der Waals surface area (Å²) in [5.41, 5.74) is 1.36. The van der Waals surface area contributed by atoms with Gasteiger partial charge in [0.15, 0.2) is 0 Å². The van der Waals surface area contributed by atoms with Crippen molar-refractivity contribution in [2.75, 3.05) is 11.9 Å². The average molecular weight is 316 g/mol. The minimum Gasteiger partial charge on any atom is -0.336 e. The zero-order chi connectivity index (χ0) is 12.3. The van der Waals surface area contributed by atoms with E-state index in [1.165, 1.54) is 10.4 Å². The third-order valence-corrected chi connectivity index (χ3v) is 4.93. The zero-order valence-corrected chi connectivity index (χ0v) is 12.5. The second-order valence-corrected chi connectivity index (χ2v) is 6.25. The van der Waals surface area contributed by atoms with Crippen LogP contribution in [0.1, 0.15) is 42.7 Å². The van der Waals surface area contributed by atoms with E-state index < -0.39 is 0 Å². The van der Waals surface area contributed by atoms with Crippen LogP contribution in [0, 0.1) is 0 Å². The highest BCUT2D eigenvalue weighted by Gasteiger charge is 2.27. The van der Waals surface area contributed by atoms with Gasteiger partial charge in [0, 0.05) is 23.2 Å².